The molecule has 42 heavy (non-hydrogen) atoms. The van der Waals surface area contributed by atoms with E-state index in [2.05, 4.69) is 5.32 Å². The lowest BCUT2D eigenvalue weighted by molar-refractivity contribution is -0.142. The van der Waals surface area contributed by atoms with Gasteiger partial charge in [-0.1, -0.05) is 24.3 Å². The number of benzene rings is 3. The third-order valence-electron chi connectivity index (χ3n) is 7.44. The number of hydrogen-bond donors (Lipinski definition) is 2. The summed E-state index contributed by atoms with van der Waals surface area (Å²) in [6, 6.07) is 19.4. The van der Waals surface area contributed by atoms with Crippen molar-refractivity contribution in [2.75, 3.05) is 54.0 Å². The van der Waals surface area contributed by atoms with Gasteiger partial charge in [-0.25, -0.2) is 16.8 Å². The first-order valence-corrected chi connectivity index (χ1v) is 16.4. The van der Waals surface area contributed by atoms with Gasteiger partial charge in [-0.2, -0.15) is 4.31 Å². The van der Waals surface area contributed by atoms with Crippen LogP contribution in [0.1, 0.15) is 29.8 Å². The Bertz CT molecular complexity index is 1700. The van der Waals surface area contributed by atoms with Gasteiger partial charge in [0.25, 0.3) is 5.91 Å². The first-order valence-electron chi connectivity index (χ1n) is 13.2. The SMILES string of the molecule is CN(c1ccccc1C(=O)Nc1ccc(S(=O)(=O)N2CCN(c3cccc(C(C)(C)C(=O)O)c3)CC2)cc1)S(C)(=O)=O. The number of amides is 1. The molecule has 4 rings (SSSR count). The van der Waals surface area contributed by atoms with E-state index < -0.39 is 37.3 Å². The van der Waals surface area contributed by atoms with E-state index in [4.69, 9.17) is 0 Å². The summed E-state index contributed by atoms with van der Waals surface area (Å²) in [7, 11) is -6.03. The van der Waals surface area contributed by atoms with Crippen molar-refractivity contribution in [3.8, 4) is 0 Å². The van der Waals surface area contributed by atoms with Crippen molar-refractivity contribution in [2.24, 2.45) is 0 Å². The van der Waals surface area contributed by atoms with Gasteiger partial charge >= 0.3 is 5.97 Å². The summed E-state index contributed by atoms with van der Waals surface area (Å²) in [4.78, 5) is 26.7. The van der Waals surface area contributed by atoms with Gasteiger partial charge in [-0.3, -0.25) is 13.9 Å². The molecule has 1 amide bonds. The summed E-state index contributed by atoms with van der Waals surface area (Å²) in [5.74, 6) is -1.46. The van der Waals surface area contributed by atoms with Crippen LogP contribution < -0.4 is 14.5 Å². The maximum atomic E-state index is 13.4. The zero-order chi connectivity index (χ0) is 30.9. The normalized spacial score (nSPS) is 14.8. The highest BCUT2D eigenvalue weighted by Gasteiger charge is 2.32. The van der Waals surface area contributed by atoms with E-state index in [-0.39, 0.29) is 29.2 Å². The highest BCUT2D eigenvalue weighted by Crippen LogP contribution is 2.29. The van der Waals surface area contributed by atoms with E-state index in [0.717, 1.165) is 16.2 Å². The number of para-hydroxylation sites is 1. The molecule has 0 unspecified atom stereocenters. The second kappa shape index (κ2) is 11.7. The molecule has 1 saturated heterocycles. The fourth-order valence-electron chi connectivity index (χ4n) is 4.58. The molecule has 0 radical (unpaired) electrons. The van der Waals surface area contributed by atoms with Crippen molar-refractivity contribution in [3.05, 3.63) is 83.9 Å². The van der Waals surface area contributed by atoms with E-state index in [1.165, 1.54) is 47.8 Å². The molecule has 0 atom stereocenters. The minimum atomic E-state index is -3.80. The van der Waals surface area contributed by atoms with Gasteiger partial charge < -0.3 is 15.3 Å². The summed E-state index contributed by atoms with van der Waals surface area (Å²) in [6.07, 6.45) is 1.04. The number of carboxylic acids is 1. The number of nitrogens with zero attached hydrogens (tertiary/aromatic N) is 3. The van der Waals surface area contributed by atoms with Crippen LogP contribution in [0.2, 0.25) is 0 Å². The number of carbonyl (C=O) groups is 2. The van der Waals surface area contributed by atoms with E-state index in [1.807, 2.05) is 17.0 Å². The maximum absolute atomic E-state index is 13.4. The van der Waals surface area contributed by atoms with Crippen LogP contribution in [0.25, 0.3) is 0 Å². The van der Waals surface area contributed by atoms with Crippen LogP contribution in [0.3, 0.4) is 0 Å². The summed E-state index contributed by atoms with van der Waals surface area (Å²) in [6.45, 7) is 4.66. The van der Waals surface area contributed by atoms with Crippen molar-refractivity contribution < 1.29 is 31.5 Å². The Kier molecular flexibility index (Phi) is 8.67. The van der Waals surface area contributed by atoms with E-state index >= 15 is 0 Å². The number of piperazine rings is 1. The molecule has 3 aromatic rings. The quantitative estimate of drug-likeness (QED) is 0.374. The lowest BCUT2D eigenvalue weighted by Gasteiger charge is -2.36. The molecule has 13 heteroatoms. The predicted octanol–water partition coefficient (Wildman–Crippen LogP) is 3.21. The molecule has 1 heterocycles. The molecule has 0 spiro atoms. The van der Waals surface area contributed by atoms with Gasteiger partial charge in [-0.05, 0) is 67.9 Å². The predicted molar refractivity (Wildman–Crippen MR) is 162 cm³/mol. The average molecular weight is 615 g/mol. The smallest absolute Gasteiger partial charge is 0.313 e. The second-order valence-corrected chi connectivity index (χ2v) is 14.5. The van der Waals surface area contributed by atoms with E-state index in [9.17, 15) is 31.5 Å². The number of hydrogen-bond acceptors (Lipinski definition) is 7. The number of anilines is 3. The minimum Gasteiger partial charge on any atom is -0.481 e. The van der Waals surface area contributed by atoms with Crippen LogP contribution in [0.15, 0.2) is 77.7 Å². The topological polar surface area (TPSA) is 144 Å². The summed E-state index contributed by atoms with van der Waals surface area (Å²) in [5.41, 5.74) is 1.17. The van der Waals surface area contributed by atoms with Crippen LogP contribution in [-0.4, -0.2) is 77.6 Å². The highest BCUT2D eigenvalue weighted by atomic mass is 32.2. The van der Waals surface area contributed by atoms with Crippen molar-refractivity contribution in [1.29, 1.82) is 0 Å². The number of sulfonamides is 2. The van der Waals surface area contributed by atoms with Gasteiger partial charge in [0.2, 0.25) is 20.0 Å². The van der Waals surface area contributed by atoms with Crippen LogP contribution in [-0.2, 0) is 30.3 Å². The van der Waals surface area contributed by atoms with Gasteiger partial charge in [0.1, 0.15) is 0 Å². The molecule has 1 aliphatic rings. The Morgan fingerprint density at radius 1 is 0.881 bits per heavy atom. The first kappa shape index (κ1) is 31.0. The molecule has 11 nitrogen and oxygen atoms in total. The second-order valence-electron chi connectivity index (χ2n) is 10.6. The lowest BCUT2D eigenvalue weighted by Crippen LogP contribution is -2.48. The van der Waals surface area contributed by atoms with Gasteiger partial charge in [0.15, 0.2) is 0 Å². The molecule has 1 aliphatic heterocycles. The summed E-state index contributed by atoms with van der Waals surface area (Å²) in [5, 5.41) is 12.3. The monoisotopic (exact) mass is 614 g/mol. The van der Waals surface area contributed by atoms with Crippen molar-refractivity contribution in [2.45, 2.75) is 24.2 Å². The number of nitrogens with one attached hydrogen (secondary N) is 1. The average Bonchev–Trinajstić information content (AvgIpc) is 2.96. The lowest BCUT2D eigenvalue weighted by atomic mass is 9.84. The number of carboxylic acid groups (broad SMARTS) is 1. The molecule has 3 aromatic carbocycles. The molecular formula is C29H34N4O7S2. The first-order chi connectivity index (χ1) is 19.6. The van der Waals surface area contributed by atoms with Crippen LogP contribution in [0.5, 0.6) is 0 Å². The molecule has 224 valence electrons. The zero-order valence-corrected chi connectivity index (χ0v) is 25.4. The van der Waals surface area contributed by atoms with Gasteiger partial charge in [0, 0.05) is 44.6 Å². The third-order valence-corrected chi connectivity index (χ3v) is 10.5. The number of aliphatic carboxylic acids is 1. The maximum Gasteiger partial charge on any atom is 0.313 e. The third kappa shape index (κ3) is 6.42. The Hall–Kier alpha value is -3.94. The number of rotatable bonds is 9. The minimum absolute atomic E-state index is 0.0800. The fourth-order valence-corrected chi connectivity index (χ4v) is 6.52. The Labute approximate surface area is 246 Å². The Morgan fingerprint density at radius 2 is 1.50 bits per heavy atom. The van der Waals surface area contributed by atoms with Crippen molar-refractivity contribution >= 4 is 49.0 Å². The summed E-state index contributed by atoms with van der Waals surface area (Å²) >= 11 is 0. The fraction of sp³-hybridized carbons (Fsp3) is 0.310. The highest BCUT2D eigenvalue weighted by molar-refractivity contribution is 7.92. The Balaban J connectivity index is 1.43. The van der Waals surface area contributed by atoms with Gasteiger partial charge in [0.05, 0.1) is 27.8 Å². The molecule has 2 N–H and O–H groups in total. The molecule has 0 aromatic heterocycles. The van der Waals surface area contributed by atoms with Crippen LogP contribution in [0.4, 0.5) is 17.1 Å². The largest absolute Gasteiger partial charge is 0.481 e. The number of carbonyl (C=O) groups excluding carboxylic acids is 1. The van der Waals surface area contributed by atoms with Gasteiger partial charge in [-0.15, -0.1) is 0 Å². The Morgan fingerprint density at radius 3 is 2.10 bits per heavy atom. The van der Waals surface area contributed by atoms with Crippen LogP contribution in [0, 0.1) is 0 Å². The molecule has 0 aliphatic carbocycles. The van der Waals surface area contributed by atoms with E-state index in [1.54, 1.807) is 38.1 Å². The summed E-state index contributed by atoms with van der Waals surface area (Å²) < 4.78 is 53.1. The molecule has 1 fully saturated rings. The van der Waals surface area contributed by atoms with Crippen molar-refractivity contribution in [3.63, 3.8) is 0 Å². The van der Waals surface area contributed by atoms with Crippen molar-refractivity contribution in [1.82, 2.24) is 4.31 Å². The molecule has 0 saturated carbocycles. The standard InChI is InChI=1S/C29H34N4O7S2/c1-29(2,28(35)36)21-8-7-9-23(20-21)32-16-18-33(19-17-32)42(39,40)24-14-12-22(13-15-24)30-27(34)25-10-5-6-11-26(25)31(3)41(4,37)38/h5-15,20H,16-19H2,1-4H3,(H,30,34)(H,35,36). The molecule has 0 bridgehead atoms. The van der Waals surface area contributed by atoms with E-state index in [0.29, 0.717) is 24.3 Å². The van der Waals surface area contributed by atoms with Crippen LogP contribution >= 0.6 is 0 Å². The zero-order valence-electron chi connectivity index (χ0n) is 23.8. The molecular weight excluding hydrogens is 580 g/mol.